The maximum absolute atomic E-state index is 13.3. The van der Waals surface area contributed by atoms with Crippen LogP contribution in [0, 0.1) is 0 Å². The van der Waals surface area contributed by atoms with Crippen molar-refractivity contribution < 1.29 is 64.6 Å². The molecule has 0 aromatic heterocycles. The van der Waals surface area contributed by atoms with E-state index in [-0.39, 0.29) is 18.9 Å². The molecule has 2 saturated heterocycles. The van der Waals surface area contributed by atoms with E-state index >= 15 is 0 Å². The highest BCUT2D eigenvalue weighted by Gasteiger charge is 2.51. The average molecular weight is 1210 g/mol. The topological polar surface area (TPSA) is 228 Å². The highest BCUT2D eigenvalue weighted by molar-refractivity contribution is 5.76. The summed E-state index contributed by atoms with van der Waals surface area (Å²) in [5.74, 6) is -0.234. The van der Waals surface area contributed by atoms with Crippen LogP contribution in [0.5, 0.6) is 0 Å². The van der Waals surface area contributed by atoms with Gasteiger partial charge in [0.1, 0.15) is 48.8 Å². The van der Waals surface area contributed by atoms with Gasteiger partial charge in [0.05, 0.1) is 32.0 Å². The van der Waals surface area contributed by atoms with Crippen molar-refractivity contribution in [3.63, 3.8) is 0 Å². The summed E-state index contributed by atoms with van der Waals surface area (Å²) in [6.45, 7) is 2.84. The van der Waals surface area contributed by atoms with E-state index in [1.807, 2.05) is 6.08 Å². The van der Waals surface area contributed by atoms with Gasteiger partial charge in [0, 0.05) is 6.42 Å². The van der Waals surface area contributed by atoms with Crippen molar-refractivity contribution in [2.24, 2.45) is 0 Å². The maximum Gasteiger partial charge on any atom is 0.220 e. The summed E-state index contributed by atoms with van der Waals surface area (Å²) in [5.41, 5.74) is 0. The van der Waals surface area contributed by atoms with Gasteiger partial charge in [-0.3, -0.25) is 4.79 Å². The maximum atomic E-state index is 13.3. The Labute approximate surface area is 519 Å². The Morgan fingerprint density at radius 3 is 1.18 bits per heavy atom. The van der Waals surface area contributed by atoms with Crippen LogP contribution < -0.4 is 5.32 Å². The van der Waals surface area contributed by atoms with Crippen LogP contribution in [-0.4, -0.2) is 140 Å². The van der Waals surface area contributed by atoms with Gasteiger partial charge in [-0.25, -0.2) is 0 Å². The number of amides is 1. The summed E-state index contributed by atoms with van der Waals surface area (Å²) in [7, 11) is 0. The van der Waals surface area contributed by atoms with Gasteiger partial charge in [-0.1, -0.05) is 294 Å². The molecule has 0 aliphatic carbocycles. The predicted octanol–water partition coefficient (Wildman–Crippen LogP) is 14.5. The Morgan fingerprint density at radius 1 is 0.424 bits per heavy atom. The largest absolute Gasteiger partial charge is 0.394 e. The smallest absolute Gasteiger partial charge is 0.220 e. The molecule has 2 aliphatic heterocycles. The lowest BCUT2D eigenvalue weighted by Gasteiger charge is -2.46. The fourth-order valence-electron chi connectivity index (χ4n) is 11.9. The molecule has 1 amide bonds. The van der Waals surface area contributed by atoms with Gasteiger partial charge in [-0.05, 0) is 51.4 Å². The standard InChI is InChI=1S/C71H133NO13/c1-3-5-7-9-11-13-15-17-19-21-23-25-27-28-29-30-31-32-33-35-37-39-41-43-45-47-49-51-53-55-63(76)72-59(58-82-70-68(81)66(79)69(62(57-74)84-70)85-71-67(80)65(78)64(77)61(56-73)83-71)60(75)54-52-50-48-46-44-42-40-38-36-34-26-24-22-20-18-16-14-12-10-8-6-4-2/h15,17,21,23,52,54,59-62,64-71,73-75,77-81H,3-14,16,18-20,22,24-51,53,55-58H2,1-2H3,(H,72,76)/b17-15-,23-21-,54-52+. The van der Waals surface area contributed by atoms with E-state index in [0.29, 0.717) is 6.42 Å². The fraction of sp³-hybridized carbons (Fsp3) is 0.901. The van der Waals surface area contributed by atoms with Crippen LogP contribution >= 0.6 is 0 Å². The minimum atomic E-state index is -1.79. The monoisotopic (exact) mass is 1210 g/mol. The van der Waals surface area contributed by atoms with Gasteiger partial charge in [0.15, 0.2) is 12.6 Å². The average Bonchev–Trinajstić information content (AvgIpc) is 3.69. The molecule has 2 rings (SSSR count). The number of ether oxygens (including phenoxy) is 4. The summed E-state index contributed by atoms with van der Waals surface area (Å²) >= 11 is 0. The molecule has 2 heterocycles. The first-order valence-corrected chi connectivity index (χ1v) is 35.7. The fourth-order valence-corrected chi connectivity index (χ4v) is 11.9. The molecule has 85 heavy (non-hydrogen) atoms. The highest BCUT2D eigenvalue weighted by Crippen LogP contribution is 2.30. The van der Waals surface area contributed by atoms with Crippen LogP contribution in [0.4, 0.5) is 0 Å². The van der Waals surface area contributed by atoms with E-state index in [4.69, 9.17) is 18.9 Å². The SMILES string of the molecule is CCCCCCC/C=C\C/C=C\CCCCCCCCCCCCCCCCCCCC(=O)NC(COC1OC(CO)C(OC2OC(CO)C(O)C(O)C2O)C(O)C1O)C(O)/C=C/CCCCCCCCCCCCCCCCCCCCCC. The molecule has 0 radical (unpaired) electrons. The number of aliphatic hydroxyl groups is 8. The summed E-state index contributed by atoms with van der Waals surface area (Å²) < 4.78 is 22.9. The highest BCUT2D eigenvalue weighted by atomic mass is 16.7. The molecule has 14 heteroatoms. The number of nitrogens with one attached hydrogen (secondary N) is 1. The third kappa shape index (κ3) is 40.5. The lowest BCUT2D eigenvalue weighted by molar-refractivity contribution is -0.359. The molecule has 2 fully saturated rings. The number of rotatable bonds is 59. The number of allylic oxidation sites excluding steroid dienone is 5. The molecule has 2 aliphatic rings. The molecule has 0 spiro atoms. The molecular formula is C71H133NO13. The van der Waals surface area contributed by atoms with Gasteiger partial charge in [0.2, 0.25) is 5.91 Å². The number of hydrogen-bond donors (Lipinski definition) is 9. The molecule has 14 nitrogen and oxygen atoms in total. The van der Waals surface area contributed by atoms with Gasteiger partial charge in [-0.15, -0.1) is 0 Å². The number of unbranched alkanes of at least 4 members (excludes halogenated alkanes) is 42. The zero-order chi connectivity index (χ0) is 61.6. The Bertz CT molecular complexity index is 1560. The number of hydrogen-bond acceptors (Lipinski definition) is 13. The summed E-state index contributed by atoms with van der Waals surface area (Å²) in [4.78, 5) is 13.3. The van der Waals surface area contributed by atoms with Gasteiger partial charge in [0.25, 0.3) is 0 Å². The second-order valence-electron chi connectivity index (χ2n) is 25.4. The second kappa shape index (κ2) is 56.2. The second-order valence-corrected chi connectivity index (χ2v) is 25.4. The van der Waals surface area contributed by atoms with E-state index in [9.17, 15) is 45.6 Å². The molecule has 0 aromatic carbocycles. The zero-order valence-corrected chi connectivity index (χ0v) is 54.4. The van der Waals surface area contributed by atoms with Gasteiger partial charge in [-0.2, -0.15) is 0 Å². The van der Waals surface area contributed by atoms with E-state index in [1.54, 1.807) is 6.08 Å². The molecular weight excluding hydrogens is 1070 g/mol. The Kier molecular flexibility index (Phi) is 52.4. The number of carbonyl (C=O) groups is 1. The van der Waals surface area contributed by atoms with Crippen LogP contribution in [0.25, 0.3) is 0 Å². The summed E-state index contributed by atoms with van der Waals surface area (Å²) in [6, 6.07) is -0.914. The Balaban J connectivity index is 1.67. The number of aliphatic hydroxyl groups excluding tert-OH is 8. The quantitative estimate of drug-likeness (QED) is 0.0204. The third-order valence-electron chi connectivity index (χ3n) is 17.6. The first-order chi connectivity index (χ1) is 41.6. The molecule has 9 N–H and O–H groups in total. The predicted molar refractivity (Wildman–Crippen MR) is 346 cm³/mol. The first-order valence-electron chi connectivity index (χ1n) is 35.7. The number of carbonyl (C=O) groups excluding carboxylic acids is 1. The molecule has 0 aromatic rings. The van der Waals surface area contributed by atoms with Gasteiger partial charge >= 0.3 is 0 Å². The Morgan fingerprint density at radius 2 is 0.776 bits per heavy atom. The van der Waals surface area contributed by atoms with Crippen LogP contribution in [0.3, 0.4) is 0 Å². The van der Waals surface area contributed by atoms with E-state index < -0.39 is 86.8 Å². The van der Waals surface area contributed by atoms with Crippen molar-refractivity contribution >= 4 is 5.91 Å². The van der Waals surface area contributed by atoms with Crippen molar-refractivity contribution in [3.8, 4) is 0 Å². The minimum Gasteiger partial charge on any atom is -0.394 e. The molecule has 0 bridgehead atoms. The van der Waals surface area contributed by atoms with Crippen LogP contribution in [0.15, 0.2) is 36.5 Å². The van der Waals surface area contributed by atoms with Crippen molar-refractivity contribution in [2.75, 3.05) is 19.8 Å². The molecule has 0 saturated carbocycles. The Hall–Kier alpha value is -1.79. The van der Waals surface area contributed by atoms with E-state index in [0.717, 1.165) is 44.9 Å². The van der Waals surface area contributed by atoms with Crippen molar-refractivity contribution in [3.05, 3.63) is 36.5 Å². The van der Waals surface area contributed by atoms with Crippen molar-refractivity contribution in [1.82, 2.24) is 5.32 Å². The summed E-state index contributed by atoms with van der Waals surface area (Å²) in [6.07, 6.45) is 54.8. The third-order valence-corrected chi connectivity index (χ3v) is 17.6. The molecule has 12 unspecified atom stereocenters. The lowest BCUT2D eigenvalue weighted by atomic mass is 9.97. The van der Waals surface area contributed by atoms with Crippen LogP contribution in [0.2, 0.25) is 0 Å². The van der Waals surface area contributed by atoms with Crippen molar-refractivity contribution in [1.29, 1.82) is 0 Å². The van der Waals surface area contributed by atoms with E-state index in [1.165, 1.54) is 244 Å². The lowest BCUT2D eigenvalue weighted by Crippen LogP contribution is -2.65. The summed E-state index contributed by atoms with van der Waals surface area (Å²) in [5, 5.41) is 87.5. The minimum absolute atomic E-state index is 0.234. The van der Waals surface area contributed by atoms with Crippen molar-refractivity contribution in [2.45, 2.75) is 389 Å². The normalized spacial score (nSPS) is 23.7. The van der Waals surface area contributed by atoms with E-state index in [2.05, 4.69) is 43.5 Å². The molecule has 500 valence electrons. The molecule has 12 atom stereocenters. The first kappa shape index (κ1) is 79.3. The van der Waals surface area contributed by atoms with Gasteiger partial charge < -0.3 is 65.1 Å². The zero-order valence-electron chi connectivity index (χ0n) is 54.4. The van der Waals surface area contributed by atoms with Crippen LogP contribution in [0.1, 0.15) is 316 Å². The van der Waals surface area contributed by atoms with Crippen LogP contribution in [-0.2, 0) is 23.7 Å².